The van der Waals surface area contributed by atoms with E-state index in [1.165, 1.54) is 65.8 Å². The van der Waals surface area contributed by atoms with Gasteiger partial charge in [0.2, 0.25) is 0 Å². The van der Waals surface area contributed by atoms with E-state index in [0.717, 1.165) is 45.7 Å². The molecule has 1 unspecified atom stereocenters. The molecule has 12 heteroatoms. The summed E-state index contributed by atoms with van der Waals surface area (Å²) in [6, 6.07) is 47.2. The van der Waals surface area contributed by atoms with Crippen molar-refractivity contribution in [2.24, 2.45) is 34.1 Å². The molecule has 4 aliphatic rings. The predicted octanol–water partition coefficient (Wildman–Crippen LogP) is 8.46. The van der Waals surface area contributed by atoms with E-state index in [0.29, 0.717) is 11.1 Å². The second-order valence-electron chi connectivity index (χ2n) is 24.7. The van der Waals surface area contributed by atoms with Crippen LogP contribution in [0.15, 0.2) is 164 Å². The van der Waals surface area contributed by atoms with Crippen molar-refractivity contribution in [1.82, 2.24) is 0 Å². The summed E-state index contributed by atoms with van der Waals surface area (Å²) in [7, 11) is 7.93. The highest BCUT2D eigenvalue weighted by Crippen LogP contribution is 2.27. The van der Waals surface area contributed by atoms with Crippen LogP contribution in [-0.4, -0.2) is 27.4 Å². The third-order valence-electron chi connectivity index (χ3n) is 17.4. The molecule has 0 aliphatic carbocycles. The van der Waals surface area contributed by atoms with Gasteiger partial charge >= 0.3 is 27.4 Å². The molecule has 4 aromatic heterocycles. The highest BCUT2D eigenvalue weighted by Gasteiger charge is 2.36. The fraction of sp³-hybridized carbons (Fsp3) is 0.316. The molecule has 0 saturated carbocycles. The van der Waals surface area contributed by atoms with Gasteiger partial charge in [0.15, 0.2) is 0 Å². The Morgan fingerprint density at radius 2 is 0.750 bits per heavy atom. The predicted molar refractivity (Wildman–Crippen MR) is 380 cm³/mol. The highest BCUT2D eigenvalue weighted by molar-refractivity contribution is 6.78. The van der Waals surface area contributed by atoms with Crippen LogP contribution in [0, 0.1) is 19.7 Å². The lowest BCUT2D eigenvalue weighted by molar-refractivity contribution is -0.658. The summed E-state index contributed by atoms with van der Waals surface area (Å²) in [4.78, 5) is 9.11. The van der Waals surface area contributed by atoms with Crippen LogP contribution in [0.25, 0.3) is 46.7 Å². The van der Waals surface area contributed by atoms with Crippen molar-refractivity contribution >= 4 is 97.4 Å². The van der Waals surface area contributed by atoms with E-state index in [2.05, 4.69) is 205 Å². The molecule has 0 radical (unpaired) electrons. The lowest BCUT2D eigenvalue weighted by Crippen LogP contribution is -2.50. The third kappa shape index (κ3) is 13.8. The van der Waals surface area contributed by atoms with Gasteiger partial charge in [0.25, 0.3) is 23.3 Å². The molecule has 4 aromatic carbocycles. The molecular formula is C76H96B4N8+4. The minimum Gasteiger partial charge on any atom is -0.291 e. The van der Waals surface area contributed by atoms with Crippen LogP contribution >= 0.6 is 0 Å². The summed E-state index contributed by atoms with van der Waals surface area (Å²) in [5.74, 6) is 10.7. The maximum absolute atomic E-state index is 8.45. The summed E-state index contributed by atoms with van der Waals surface area (Å²) in [6.07, 6.45) is 6.24. The third-order valence-corrected chi connectivity index (χ3v) is 17.4. The largest absolute Gasteiger partial charge is 0.402 e. The molecule has 1 atom stereocenters. The first kappa shape index (κ1) is 51.9. The zero-order valence-electron chi connectivity index (χ0n) is 65.4. The number of anilines is 4. The minimum absolute atomic E-state index is 0.0794. The molecule has 448 valence electrons. The maximum Gasteiger partial charge on any atom is 0.402 e. The van der Waals surface area contributed by atoms with Crippen LogP contribution in [0.5, 0.6) is 0 Å². The Morgan fingerprint density at radius 3 is 1.09 bits per heavy atom. The first-order valence-corrected chi connectivity index (χ1v) is 31.1. The zero-order chi connectivity index (χ0) is 72.1. The molecule has 8 aromatic rings. The molecule has 8 nitrogen and oxygen atoms in total. The summed E-state index contributed by atoms with van der Waals surface area (Å²) in [5, 5.41) is 9.92. The highest BCUT2D eigenvalue weighted by atomic mass is 15.2. The van der Waals surface area contributed by atoms with Gasteiger partial charge in [-0.15, -0.1) is 0 Å². The van der Waals surface area contributed by atoms with Gasteiger partial charge in [0.05, 0.1) is 75.8 Å². The quantitative estimate of drug-likeness (QED) is 0.113. The number of pyridine rings is 4. The topological polar surface area (TPSA) is 28.5 Å². The Labute approximate surface area is 542 Å². The van der Waals surface area contributed by atoms with Gasteiger partial charge in [-0.05, 0) is 160 Å². The molecule has 0 saturated heterocycles. The van der Waals surface area contributed by atoms with Gasteiger partial charge < -0.3 is 0 Å². The molecule has 0 bridgehead atoms. The molecule has 0 amide bonds. The van der Waals surface area contributed by atoms with E-state index in [4.69, 9.17) is 13.7 Å². The van der Waals surface area contributed by atoms with Crippen LogP contribution in [0.1, 0.15) is 122 Å². The normalized spacial score (nSPS) is 17.0. The van der Waals surface area contributed by atoms with E-state index in [-0.39, 0.29) is 33.3 Å². The van der Waals surface area contributed by atoms with Crippen LogP contribution < -0.4 is 79.3 Å². The van der Waals surface area contributed by atoms with Crippen LogP contribution in [0.3, 0.4) is 0 Å². The van der Waals surface area contributed by atoms with Gasteiger partial charge in [-0.1, -0.05) is 162 Å². The van der Waals surface area contributed by atoms with Crippen molar-refractivity contribution in [3.8, 4) is 0 Å². The monoisotopic (exact) mass is 1170 g/mol. The molecule has 0 fully saturated rings. The number of benzene rings is 4. The number of aromatic nitrogens is 4. The number of hydrogen-bond donors (Lipinski definition) is 0. The molecule has 0 spiro atoms. The van der Waals surface area contributed by atoms with Gasteiger partial charge in [-0.2, -0.15) is 0 Å². The fourth-order valence-electron chi connectivity index (χ4n) is 12.8. The van der Waals surface area contributed by atoms with E-state index >= 15 is 0 Å². The van der Waals surface area contributed by atoms with Crippen molar-refractivity contribution < 1.29 is 32.0 Å². The lowest BCUT2D eigenvalue weighted by atomic mass is 9.60. The van der Waals surface area contributed by atoms with Gasteiger partial charge in [-0.3, -0.25) is 19.2 Å². The number of hydrogen-bond acceptors (Lipinski definition) is 4. The number of rotatable bonds is 8. The first-order chi connectivity index (χ1) is 45.8. The second-order valence-corrected chi connectivity index (χ2v) is 24.7. The Kier molecular flexibility index (Phi) is 16.2. The van der Waals surface area contributed by atoms with E-state index < -0.39 is 31.9 Å². The van der Waals surface area contributed by atoms with Crippen molar-refractivity contribution in [3.63, 3.8) is 0 Å². The maximum atomic E-state index is 8.45. The van der Waals surface area contributed by atoms with Crippen molar-refractivity contribution in [1.29, 1.82) is 0 Å². The average molecular weight is 1170 g/mol. The summed E-state index contributed by atoms with van der Waals surface area (Å²) in [6.45, 7) is 24.6. The summed E-state index contributed by atoms with van der Waals surface area (Å²) in [5.41, 5.74) is 8.20. The van der Waals surface area contributed by atoms with E-state index in [9.17, 15) is 0 Å². The number of fused-ring (bicyclic) bond motifs is 4. The molecule has 4 aliphatic heterocycles. The van der Waals surface area contributed by atoms with Gasteiger partial charge in [0.1, 0.15) is 0 Å². The summed E-state index contributed by atoms with van der Waals surface area (Å²) < 4.78 is 88.0. The number of nitrogens with zero attached hydrogens (tertiary/aromatic N) is 8. The fourth-order valence-corrected chi connectivity index (χ4v) is 12.8. The molecular weight excluding hydrogens is 1070 g/mol. The average Bonchev–Trinajstić information content (AvgIpc) is 0.778. The Bertz CT molecular complexity index is 4900. The van der Waals surface area contributed by atoms with Crippen molar-refractivity contribution in [3.05, 3.63) is 234 Å². The Balaban J connectivity index is 0.000000153. The van der Waals surface area contributed by atoms with Crippen molar-refractivity contribution in [2.75, 3.05) is 19.2 Å². The first-order valence-electron chi connectivity index (χ1n) is 36.1. The SMILES string of the molecule is [2H]C(C)(C)c1cc[n+](C)c(N2B(C)C=c3ccccc3=C2C)c1.[2H]C([2H])([2H])C([2H])(C)c1cc[n+](C)c(N2B(C)C=c3ccccc3=C2C)c1.[2H]C([2H])([2H])c1c[n+](C)c(N2B(C)C=c3ccccc3=C2C)cc1C.[2H]C([2H])(c1cc[n+](C)c(N2B(C)C=c3ccccc3=C2C)c1)C(C)C. The van der Waals surface area contributed by atoms with E-state index in [1.807, 2.05) is 126 Å². The minimum atomic E-state index is -2.39. The van der Waals surface area contributed by atoms with Gasteiger partial charge in [-0.25, -0.2) is 18.3 Å². The van der Waals surface area contributed by atoms with Crippen LogP contribution in [0.2, 0.25) is 27.3 Å². The van der Waals surface area contributed by atoms with Crippen molar-refractivity contribution in [2.45, 2.75) is 128 Å². The molecule has 8 heterocycles. The Morgan fingerprint density at radius 1 is 0.420 bits per heavy atom. The zero-order valence-corrected chi connectivity index (χ0v) is 55.4. The lowest BCUT2D eigenvalue weighted by Gasteiger charge is -2.25. The van der Waals surface area contributed by atoms with Crippen LogP contribution in [-0.2, 0) is 34.6 Å². The molecule has 12 rings (SSSR count). The molecule has 0 N–H and O–H groups in total. The smallest absolute Gasteiger partial charge is 0.291 e. The van der Waals surface area contributed by atoms with Gasteiger partial charge in [0, 0.05) is 58.8 Å². The van der Waals surface area contributed by atoms with E-state index in [1.54, 1.807) is 12.3 Å². The Hall–Kier alpha value is -8.10. The second kappa shape index (κ2) is 27.5. The molecule has 88 heavy (non-hydrogen) atoms. The van der Waals surface area contributed by atoms with Crippen LogP contribution in [0.4, 0.5) is 23.3 Å². The summed E-state index contributed by atoms with van der Waals surface area (Å²) >= 11 is 0. The standard InChI is InChI=1S/C20H26BN2.2C19H24BN2.C18H22BN2/c1-15(2)12-17-10-11-22(5)20(13-17)23-16(3)19-9-7-6-8-18(19)14-21(23)4;2*1-14(2)16-10-11-21(5)19(12-16)22-15(3)18-9-7-6-8-17(18)13-20(22)4;1-13-10-18(20(5)12-14(13)2)21-15(3)17-9-7-6-8-16(17)11-19(21)4/h6-11,13-15H,12H2,1-5H3;2*6-14H,1-5H3;6-12H,1-5H3/q4*+1/i12D2;1D3,14D;14D;2D3. The number of aryl methyl sites for hydroxylation is 6.